The number of rotatable bonds is 3. The average Bonchev–Trinajstić information content (AvgIpc) is 2.37. The summed E-state index contributed by atoms with van der Waals surface area (Å²) in [5, 5.41) is 0.0224. The maximum Gasteiger partial charge on any atom is 0.266 e. The third-order valence-electron chi connectivity index (χ3n) is 2.61. The van der Waals surface area contributed by atoms with Crippen LogP contribution in [0.2, 0.25) is 5.02 Å². The molecule has 0 radical (unpaired) electrons. The van der Waals surface area contributed by atoms with E-state index in [9.17, 15) is 12.8 Å². The summed E-state index contributed by atoms with van der Waals surface area (Å²) in [6.07, 6.45) is 1.44. The van der Waals surface area contributed by atoms with Crippen LogP contribution >= 0.6 is 27.5 Å². The molecule has 2 aromatic rings. The van der Waals surface area contributed by atoms with Crippen molar-refractivity contribution in [3.63, 3.8) is 0 Å². The number of aromatic nitrogens is 1. The molecule has 3 N–H and O–H groups in total. The fourth-order valence-electron chi connectivity index (χ4n) is 1.57. The zero-order valence-corrected chi connectivity index (χ0v) is 13.9. The number of nitrogens with two attached hydrogens (primary N) is 1. The van der Waals surface area contributed by atoms with E-state index in [-0.39, 0.29) is 16.5 Å². The van der Waals surface area contributed by atoms with Crippen molar-refractivity contribution in [1.82, 2.24) is 4.98 Å². The van der Waals surface area contributed by atoms with Gasteiger partial charge in [-0.1, -0.05) is 11.6 Å². The zero-order valence-electron chi connectivity index (χ0n) is 10.7. The maximum atomic E-state index is 13.9. The van der Waals surface area contributed by atoms with Crippen LogP contribution < -0.4 is 10.5 Å². The lowest BCUT2D eigenvalue weighted by Crippen LogP contribution is -2.16. The van der Waals surface area contributed by atoms with E-state index >= 15 is 0 Å². The third-order valence-corrected chi connectivity index (χ3v) is 5.01. The second-order valence-corrected chi connectivity index (χ2v) is 7.17. The van der Waals surface area contributed by atoms with Crippen LogP contribution in [0, 0.1) is 12.7 Å². The molecule has 5 nitrogen and oxygen atoms in total. The average molecular weight is 395 g/mol. The van der Waals surface area contributed by atoms with E-state index in [2.05, 4.69) is 25.6 Å². The number of halogens is 3. The molecule has 0 bridgehead atoms. The fraction of sp³-hybridized carbons (Fsp3) is 0.0833. The molecule has 0 saturated carbocycles. The molecule has 1 aromatic carbocycles. The van der Waals surface area contributed by atoms with E-state index in [0.29, 0.717) is 0 Å². The molecule has 1 aromatic heterocycles. The van der Waals surface area contributed by atoms with Gasteiger partial charge in [-0.05, 0) is 46.6 Å². The molecule has 0 saturated heterocycles. The molecule has 0 fully saturated rings. The number of nitrogens with zero attached hydrogens (tertiary/aromatic N) is 1. The van der Waals surface area contributed by atoms with E-state index in [1.807, 2.05) is 0 Å². The van der Waals surface area contributed by atoms with Crippen LogP contribution in [0.4, 0.5) is 15.9 Å². The summed E-state index contributed by atoms with van der Waals surface area (Å²) in [4.78, 5) is 3.27. The minimum atomic E-state index is -4.19. The number of hydrogen-bond acceptors (Lipinski definition) is 4. The van der Waals surface area contributed by atoms with Crippen molar-refractivity contribution in [3.05, 3.63) is 45.3 Å². The summed E-state index contributed by atoms with van der Waals surface area (Å²) >= 11 is 8.97. The molecule has 9 heteroatoms. The molecule has 2 rings (SSSR count). The molecule has 21 heavy (non-hydrogen) atoms. The number of pyridine rings is 1. The summed E-state index contributed by atoms with van der Waals surface area (Å²) in [5.41, 5.74) is 5.81. The van der Waals surface area contributed by atoms with Crippen molar-refractivity contribution in [3.8, 4) is 0 Å². The van der Waals surface area contributed by atoms with Crippen molar-refractivity contribution >= 4 is 49.1 Å². The first-order chi connectivity index (χ1) is 9.70. The Morgan fingerprint density at radius 3 is 2.67 bits per heavy atom. The molecule has 0 unspecified atom stereocenters. The number of anilines is 2. The van der Waals surface area contributed by atoms with Gasteiger partial charge in [0.25, 0.3) is 10.0 Å². The van der Waals surface area contributed by atoms with Crippen molar-refractivity contribution in [1.29, 1.82) is 0 Å². The molecule has 0 aliphatic heterocycles. The van der Waals surface area contributed by atoms with E-state index in [4.69, 9.17) is 17.3 Å². The van der Waals surface area contributed by atoms with Gasteiger partial charge in [-0.25, -0.2) is 17.8 Å². The summed E-state index contributed by atoms with van der Waals surface area (Å²) in [5.74, 6) is -0.991. The van der Waals surface area contributed by atoms with Crippen LogP contribution in [0.1, 0.15) is 5.56 Å². The van der Waals surface area contributed by atoms with E-state index in [1.165, 1.54) is 12.3 Å². The number of nitrogens with one attached hydrogen (secondary N) is 1. The largest absolute Gasteiger partial charge is 0.396 e. The molecular formula is C12H10BrClFN3O2S. The van der Waals surface area contributed by atoms with Gasteiger partial charge >= 0.3 is 0 Å². The van der Waals surface area contributed by atoms with Crippen molar-refractivity contribution in [2.45, 2.75) is 11.8 Å². The van der Waals surface area contributed by atoms with Crippen LogP contribution in [0.5, 0.6) is 0 Å². The van der Waals surface area contributed by atoms with Gasteiger partial charge in [0, 0.05) is 15.7 Å². The standard InChI is InChI=1S/C12H10BrClFN3O2S/c1-6-2-11(17-5-8(6)13)18-21(19,20)10-4-7(14)3-9(16)12(10)15/h2-5H,16H2,1H3,(H,17,18). The number of aryl methyl sites for hydroxylation is 1. The first kappa shape index (κ1) is 16.0. The van der Waals surface area contributed by atoms with Gasteiger partial charge in [0.2, 0.25) is 0 Å². The Balaban J connectivity index is 2.45. The predicted octanol–water partition coefficient (Wildman–Crippen LogP) is 3.33. The number of hydrogen-bond donors (Lipinski definition) is 2. The first-order valence-corrected chi connectivity index (χ1v) is 8.25. The van der Waals surface area contributed by atoms with Crippen LogP contribution in [-0.4, -0.2) is 13.4 Å². The Kier molecular flexibility index (Phi) is 4.40. The second-order valence-electron chi connectivity index (χ2n) is 4.23. The highest BCUT2D eigenvalue weighted by Crippen LogP contribution is 2.27. The van der Waals surface area contributed by atoms with Gasteiger partial charge < -0.3 is 5.73 Å². The number of nitrogen functional groups attached to an aromatic ring is 1. The molecule has 0 amide bonds. The highest BCUT2D eigenvalue weighted by molar-refractivity contribution is 9.10. The van der Waals surface area contributed by atoms with Crippen molar-refractivity contribution < 1.29 is 12.8 Å². The Morgan fingerprint density at radius 2 is 2.05 bits per heavy atom. The van der Waals surface area contributed by atoms with E-state index in [1.54, 1.807) is 6.92 Å². The minimum Gasteiger partial charge on any atom is -0.396 e. The summed E-state index contributed by atoms with van der Waals surface area (Å²) in [6, 6.07) is 3.63. The van der Waals surface area contributed by atoms with Crippen LogP contribution in [0.3, 0.4) is 0 Å². The molecule has 0 aliphatic carbocycles. The monoisotopic (exact) mass is 393 g/mol. The molecule has 112 valence electrons. The van der Waals surface area contributed by atoms with E-state index < -0.39 is 20.7 Å². The molecule has 0 aliphatic rings. The lowest BCUT2D eigenvalue weighted by Gasteiger charge is -2.10. The van der Waals surface area contributed by atoms with Gasteiger partial charge in [0.1, 0.15) is 10.7 Å². The quantitative estimate of drug-likeness (QED) is 0.782. The molecular weight excluding hydrogens is 385 g/mol. The lowest BCUT2D eigenvalue weighted by atomic mass is 10.3. The lowest BCUT2D eigenvalue weighted by molar-refractivity contribution is 0.573. The minimum absolute atomic E-state index is 0.0224. The number of sulfonamides is 1. The van der Waals surface area contributed by atoms with Gasteiger partial charge in [-0.15, -0.1) is 0 Å². The highest BCUT2D eigenvalue weighted by Gasteiger charge is 2.22. The van der Waals surface area contributed by atoms with E-state index in [0.717, 1.165) is 22.2 Å². The van der Waals surface area contributed by atoms with Gasteiger partial charge in [-0.2, -0.15) is 0 Å². The van der Waals surface area contributed by atoms with Crippen LogP contribution in [-0.2, 0) is 10.0 Å². The molecule has 0 atom stereocenters. The number of benzene rings is 1. The van der Waals surface area contributed by atoms with Crippen molar-refractivity contribution in [2.24, 2.45) is 0 Å². The van der Waals surface area contributed by atoms with Crippen LogP contribution in [0.15, 0.2) is 33.8 Å². The summed E-state index contributed by atoms with van der Waals surface area (Å²) in [7, 11) is -4.19. The van der Waals surface area contributed by atoms with Crippen molar-refractivity contribution in [2.75, 3.05) is 10.5 Å². The Morgan fingerprint density at radius 1 is 1.38 bits per heavy atom. The topological polar surface area (TPSA) is 85.1 Å². The Bertz CT molecular complexity index is 814. The molecule has 1 heterocycles. The van der Waals surface area contributed by atoms with Gasteiger partial charge in [-0.3, -0.25) is 4.72 Å². The zero-order chi connectivity index (χ0) is 15.8. The van der Waals surface area contributed by atoms with Gasteiger partial charge in [0.05, 0.1) is 5.69 Å². The Hall–Kier alpha value is -1.38. The predicted molar refractivity (Wildman–Crippen MR) is 83.3 cm³/mol. The second kappa shape index (κ2) is 5.78. The third kappa shape index (κ3) is 3.45. The smallest absolute Gasteiger partial charge is 0.266 e. The summed E-state index contributed by atoms with van der Waals surface area (Å²) in [6.45, 7) is 1.77. The molecule has 0 spiro atoms. The summed E-state index contributed by atoms with van der Waals surface area (Å²) < 4.78 is 41.2. The first-order valence-electron chi connectivity index (χ1n) is 5.60. The fourth-order valence-corrected chi connectivity index (χ4v) is 3.21. The Labute approximate surface area is 134 Å². The normalized spacial score (nSPS) is 11.4. The highest BCUT2D eigenvalue weighted by atomic mass is 79.9. The van der Waals surface area contributed by atoms with Gasteiger partial charge in [0.15, 0.2) is 5.82 Å². The SMILES string of the molecule is Cc1cc(NS(=O)(=O)c2cc(Cl)cc(N)c2F)ncc1Br. The van der Waals surface area contributed by atoms with Crippen LogP contribution in [0.25, 0.3) is 0 Å². The maximum absolute atomic E-state index is 13.9.